The molecule has 0 amide bonds. The SMILES string of the molecule is O=S(=O)(c1ccc(Cc2ccc(S(=O)(=O)N3CCC4(CC3)OCCO4)cc2)cc1)N1CCC2(CC1)OCCO2. The number of hydrogen-bond acceptors (Lipinski definition) is 8. The summed E-state index contributed by atoms with van der Waals surface area (Å²) in [5, 5.41) is 0. The van der Waals surface area contributed by atoms with Gasteiger partial charge in [0, 0.05) is 51.9 Å². The molecule has 0 atom stereocenters. The molecule has 0 radical (unpaired) electrons. The molecule has 0 saturated carbocycles. The molecule has 212 valence electrons. The van der Waals surface area contributed by atoms with Crippen molar-refractivity contribution >= 4 is 20.0 Å². The van der Waals surface area contributed by atoms with E-state index in [2.05, 4.69) is 0 Å². The summed E-state index contributed by atoms with van der Waals surface area (Å²) in [5.74, 6) is -1.25. The standard InChI is InChI=1S/C27H34N2O8S2/c30-38(31,28-13-9-26(10-14-28)34-17-18-35-26)24-5-1-22(2-6-24)21-23-3-7-25(8-4-23)39(32,33)29-15-11-27(12-16-29)36-19-20-37-27/h1-8H,9-21H2. The average molecular weight is 579 g/mol. The molecule has 6 rings (SSSR count). The highest BCUT2D eigenvalue weighted by Gasteiger charge is 2.43. The van der Waals surface area contributed by atoms with Crippen molar-refractivity contribution in [2.45, 2.75) is 53.5 Å². The summed E-state index contributed by atoms with van der Waals surface area (Å²) in [6.07, 6.45) is 2.66. The van der Waals surface area contributed by atoms with E-state index in [1.165, 1.54) is 8.61 Å². The summed E-state index contributed by atoms with van der Waals surface area (Å²) in [4.78, 5) is 0.516. The lowest BCUT2D eigenvalue weighted by Crippen LogP contribution is -2.47. The van der Waals surface area contributed by atoms with E-state index >= 15 is 0 Å². The lowest BCUT2D eigenvalue weighted by Gasteiger charge is -2.36. The van der Waals surface area contributed by atoms with Crippen molar-refractivity contribution in [2.24, 2.45) is 0 Å². The topological polar surface area (TPSA) is 112 Å². The van der Waals surface area contributed by atoms with Crippen molar-refractivity contribution in [1.29, 1.82) is 0 Å². The molecule has 12 heteroatoms. The lowest BCUT2D eigenvalue weighted by molar-refractivity contribution is -0.179. The zero-order valence-corrected chi connectivity index (χ0v) is 23.4. The molecule has 4 aliphatic rings. The summed E-state index contributed by atoms with van der Waals surface area (Å²) in [5.41, 5.74) is 1.88. The van der Waals surface area contributed by atoms with E-state index in [0.29, 0.717) is 84.7 Å². The molecule has 2 aromatic rings. The predicted octanol–water partition coefficient (Wildman–Crippen LogP) is 2.33. The second-order valence-corrected chi connectivity index (χ2v) is 14.4. The molecule has 39 heavy (non-hydrogen) atoms. The zero-order valence-electron chi connectivity index (χ0n) is 21.8. The van der Waals surface area contributed by atoms with E-state index in [-0.39, 0.29) is 9.79 Å². The molecule has 0 bridgehead atoms. The molecular formula is C27H34N2O8S2. The van der Waals surface area contributed by atoms with Crippen molar-refractivity contribution in [3.05, 3.63) is 59.7 Å². The van der Waals surface area contributed by atoms with Gasteiger partial charge in [0.15, 0.2) is 11.6 Å². The monoisotopic (exact) mass is 578 g/mol. The Kier molecular flexibility index (Phi) is 7.34. The number of benzene rings is 2. The maximum absolute atomic E-state index is 13.2. The molecule has 4 heterocycles. The minimum Gasteiger partial charge on any atom is -0.347 e. The van der Waals surface area contributed by atoms with Gasteiger partial charge in [0.1, 0.15) is 0 Å². The van der Waals surface area contributed by atoms with E-state index in [0.717, 1.165) is 11.1 Å². The molecule has 2 spiro atoms. The summed E-state index contributed by atoms with van der Waals surface area (Å²) < 4.78 is 78.5. The molecular weight excluding hydrogens is 544 g/mol. The first-order valence-electron chi connectivity index (χ1n) is 13.4. The predicted molar refractivity (Wildman–Crippen MR) is 141 cm³/mol. The van der Waals surface area contributed by atoms with E-state index in [1.807, 2.05) is 24.3 Å². The van der Waals surface area contributed by atoms with Crippen LogP contribution in [0.3, 0.4) is 0 Å². The fourth-order valence-corrected chi connectivity index (χ4v) is 8.68. The number of sulfonamides is 2. The highest BCUT2D eigenvalue weighted by atomic mass is 32.2. The van der Waals surface area contributed by atoms with Crippen molar-refractivity contribution in [3.63, 3.8) is 0 Å². The largest absolute Gasteiger partial charge is 0.347 e. The molecule has 10 nitrogen and oxygen atoms in total. The van der Waals surface area contributed by atoms with Crippen LogP contribution in [0.15, 0.2) is 58.3 Å². The first-order chi connectivity index (χ1) is 18.7. The van der Waals surface area contributed by atoms with E-state index < -0.39 is 31.6 Å². The van der Waals surface area contributed by atoms with E-state index in [4.69, 9.17) is 18.9 Å². The third-order valence-electron chi connectivity index (χ3n) is 8.13. The highest BCUT2D eigenvalue weighted by molar-refractivity contribution is 7.89. The minimum absolute atomic E-state index is 0.258. The Bertz CT molecular complexity index is 1250. The summed E-state index contributed by atoms with van der Waals surface area (Å²) in [6, 6.07) is 13.8. The smallest absolute Gasteiger partial charge is 0.243 e. The molecule has 4 fully saturated rings. The quantitative estimate of drug-likeness (QED) is 0.514. The minimum atomic E-state index is -3.60. The van der Waals surface area contributed by atoms with Gasteiger partial charge in [-0.3, -0.25) is 0 Å². The third kappa shape index (κ3) is 5.41. The van der Waals surface area contributed by atoms with Crippen molar-refractivity contribution in [1.82, 2.24) is 8.61 Å². The summed E-state index contributed by atoms with van der Waals surface area (Å²) >= 11 is 0. The molecule has 4 aliphatic heterocycles. The molecule has 0 aromatic heterocycles. The Morgan fingerprint density at radius 1 is 0.538 bits per heavy atom. The maximum atomic E-state index is 13.2. The average Bonchev–Trinajstić information content (AvgIpc) is 3.60. The first-order valence-corrected chi connectivity index (χ1v) is 16.3. The Morgan fingerprint density at radius 3 is 1.15 bits per heavy atom. The number of rotatable bonds is 6. The van der Waals surface area contributed by atoms with Gasteiger partial charge in [-0.15, -0.1) is 0 Å². The Hall–Kier alpha value is -1.90. The fourth-order valence-electron chi connectivity index (χ4n) is 5.80. The number of piperidine rings is 2. The first kappa shape index (κ1) is 27.3. The van der Waals surface area contributed by atoms with Gasteiger partial charge in [-0.05, 0) is 41.8 Å². The van der Waals surface area contributed by atoms with Crippen molar-refractivity contribution in [2.75, 3.05) is 52.6 Å². The van der Waals surface area contributed by atoms with Gasteiger partial charge < -0.3 is 18.9 Å². The van der Waals surface area contributed by atoms with Crippen molar-refractivity contribution < 1.29 is 35.8 Å². The maximum Gasteiger partial charge on any atom is 0.243 e. The van der Waals surface area contributed by atoms with Crippen LogP contribution < -0.4 is 0 Å². The zero-order chi connectivity index (χ0) is 27.1. The molecule has 0 N–H and O–H groups in total. The number of hydrogen-bond donors (Lipinski definition) is 0. The van der Waals surface area contributed by atoms with Gasteiger partial charge in [0.2, 0.25) is 20.0 Å². The Labute approximate surface area is 229 Å². The van der Waals surface area contributed by atoms with Crippen LogP contribution in [0.2, 0.25) is 0 Å². The van der Waals surface area contributed by atoms with Gasteiger partial charge in [-0.25, -0.2) is 16.8 Å². The summed E-state index contributed by atoms with van der Waals surface area (Å²) in [7, 11) is -7.21. The normalized spacial score (nSPS) is 24.0. The van der Waals surface area contributed by atoms with Gasteiger partial charge in [0.05, 0.1) is 36.2 Å². The van der Waals surface area contributed by atoms with Crippen LogP contribution in [0.4, 0.5) is 0 Å². The van der Waals surface area contributed by atoms with Gasteiger partial charge in [0.25, 0.3) is 0 Å². The van der Waals surface area contributed by atoms with Crippen LogP contribution in [0, 0.1) is 0 Å². The van der Waals surface area contributed by atoms with Crippen LogP contribution >= 0.6 is 0 Å². The number of ether oxygens (including phenoxy) is 4. The number of nitrogens with zero attached hydrogens (tertiary/aromatic N) is 2. The van der Waals surface area contributed by atoms with E-state index in [9.17, 15) is 16.8 Å². The van der Waals surface area contributed by atoms with Crippen LogP contribution in [-0.2, 0) is 45.4 Å². The highest BCUT2D eigenvalue weighted by Crippen LogP contribution is 2.35. The Balaban J connectivity index is 1.06. The van der Waals surface area contributed by atoms with E-state index in [1.54, 1.807) is 24.3 Å². The second kappa shape index (κ2) is 10.5. The second-order valence-electron chi connectivity index (χ2n) is 10.5. The van der Waals surface area contributed by atoms with Gasteiger partial charge in [-0.2, -0.15) is 8.61 Å². The molecule has 2 aromatic carbocycles. The molecule has 0 unspecified atom stereocenters. The molecule has 4 saturated heterocycles. The van der Waals surface area contributed by atoms with Gasteiger partial charge in [-0.1, -0.05) is 24.3 Å². The van der Waals surface area contributed by atoms with Crippen LogP contribution in [-0.4, -0.2) is 89.6 Å². The van der Waals surface area contributed by atoms with Crippen LogP contribution in [0.25, 0.3) is 0 Å². The lowest BCUT2D eigenvalue weighted by atomic mass is 10.1. The van der Waals surface area contributed by atoms with Crippen LogP contribution in [0.5, 0.6) is 0 Å². The van der Waals surface area contributed by atoms with Crippen molar-refractivity contribution in [3.8, 4) is 0 Å². The van der Waals surface area contributed by atoms with Crippen LogP contribution in [0.1, 0.15) is 36.8 Å². The molecule has 0 aliphatic carbocycles. The third-order valence-corrected chi connectivity index (χ3v) is 12.0. The summed E-state index contributed by atoms with van der Waals surface area (Å²) in [6.45, 7) is 3.65. The Morgan fingerprint density at radius 2 is 0.846 bits per heavy atom. The fraction of sp³-hybridized carbons (Fsp3) is 0.556. The van der Waals surface area contributed by atoms with Gasteiger partial charge >= 0.3 is 0 Å².